The quantitative estimate of drug-likeness (QED) is 0.688. The smallest absolute Gasteiger partial charge is 0.232 e. The van der Waals surface area contributed by atoms with Crippen LogP contribution >= 0.6 is 0 Å². The van der Waals surface area contributed by atoms with E-state index < -0.39 is 10.0 Å². The predicted molar refractivity (Wildman–Crippen MR) is 96.8 cm³/mol. The van der Waals surface area contributed by atoms with Crippen LogP contribution in [0.2, 0.25) is 0 Å². The molecule has 0 atom stereocenters. The normalized spacial score (nSPS) is 14.8. The molecule has 4 nitrogen and oxygen atoms in total. The van der Waals surface area contributed by atoms with Crippen LogP contribution in [0.15, 0.2) is 46.9 Å². The zero-order chi connectivity index (χ0) is 17.8. The van der Waals surface area contributed by atoms with E-state index in [1.165, 1.54) is 22.7 Å². The Morgan fingerprint density at radius 2 is 1.80 bits per heavy atom. The first-order chi connectivity index (χ1) is 11.8. The van der Waals surface area contributed by atoms with Gasteiger partial charge in [0.1, 0.15) is 17.2 Å². The van der Waals surface area contributed by atoms with Crippen LogP contribution in [-0.2, 0) is 10.0 Å². The highest BCUT2D eigenvalue weighted by atomic mass is 32.2. The molecule has 0 saturated heterocycles. The lowest BCUT2D eigenvalue weighted by molar-refractivity contribution is 0.600. The summed E-state index contributed by atoms with van der Waals surface area (Å²) in [5.74, 6) is 0.733. The molecule has 0 unspecified atom stereocenters. The molecule has 0 aliphatic heterocycles. The van der Waals surface area contributed by atoms with Crippen molar-refractivity contribution < 1.29 is 17.2 Å². The van der Waals surface area contributed by atoms with Gasteiger partial charge >= 0.3 is 0 Å². The summed E-state index contributed by atoms with van der Waals surface area (Å²) < 4.78 is 44.3. The summed E-state index contributed by atoms with van der Waals surface area (Å²) in [6, 6.07) is 11.8. The Labute approximate surface area is 145 Å². The van der Waals surface area contributed by atoms with Crippen LogP contribution in [-0.4, -0.2) is 21.7 Å². The van der Waals surface area contributed by atoms with E-state index in [2.05, 4.69) is 0 Å². The first kappa shape index (κ1) is 16.1. The van der Waals surface area contributed by atoms with Crippen LogP contribution in [0.25, 0.3) is 22.3 Å². The summed E-state index contributed by atoms with van der Waals surface area (Å²) in [7, 11) is -1.79. The average Bonchev–Trinajstić information content (AvgIpc) is 3.32. The Kier molecular flexibility index (Phi) is 3.61. The second kappa shape index (κ2) is 5.59. The highest BCUT2D eigenvalue weighted by Gasteiger charge is 2.30. The summed E-state index contributed by atoms with van der Waals surface area (Å²) in [4.78, 5) is 0. The van der Waals surface area contributed by atoms with Crippen molar-refractivity contribution in [1.82, 2.24) is 0 Å². The highest BCUT2D eigenvalue weighted by Crippen LogP contribution is 2.46. The van der Waals surface area contributed by atoms with Gasteiger partial charge < -0.3 is 4.42 Å². The van der Waals surface area contributed by atoms with E-state index in [0.717, 1.165) is 29.4 Å². The summed E-state index contributed by atoms with van der Waals surface area (Å²) in [6.07, 6.45) is 3.33. The Hall–Kier alpha value is -2.34. The summed E-state index contributed by atoms with van der Waals surface area (Å²) in [5, 5.41) is 0.923. The largest absolute Gasteiger partial charge is 0.456 e. The second-order valence-corrected chi connectivity index (χ2v) is 8.58. The lowest BCUT2D eigenvalue weighted by Gasteiger charge is -2.20. The van der Waals surface area contributed by atoms with Gasteiger partial charge in [-0.25, -0.2) is 12.8 Å². The molecule has 4 rings (SSSR count). The van der Waals surface area contributed by atoms with Gasteiger partial charge in [-0.15, -0.1) is 0 Å². The van der Waals surface area contributed by atoms with Gasteiger partial charge in [-0.1, -0.05) is 0 Å². The van der Waals surface area contributed by atoms with E-state index in [4.69, 9.17) is 4.42 Å². The predicted octanol–water partition coefficient (Wildman–Crippen LogP) is 4.51. The molecule has 1 aliphatic rings. The van der Waals surface area contributed by atoms with E-state index in [0.29, 0.717) is 22.9 Å². The van der Waals surface area contributed by atoms with E-state index in [9.17, 15) is 12.8 Å². The van der Waals surface area contributed by atoms with Gasteiger partial charge in [0.15, 0.2) is 0 Å². The molecule has 1 heterocycles. The molecule has 1 aromatic heterocycles. The number of halogens is 1. The molecule has 130 valence electrons. The number of hydrogen-bond acceptors (Lipinski definition) is 3. The first-order valence-electron chi connectivity index (χ1n) is 8.10. The van der Waals surface area contributed by atoms with Crippen LogP contribution in [0.4, 0.5) is 10.1 Å². The van der Waals surface area contributed by atoms with Crippen molar-refractivity contribution >= 4 is 26.7 Å². The Balaban J connectivity index is 1.86. The van der Waals surface area contributed by atoms with E-state index in [-0.39, 0.29) is 5.82 Å². The minimum absolute atomic E-state index is 0.298. The summed E-state index contributed by atoms with van der Waals surface area (Å²) in [5.41, 5.74) is 3.10. The van der Waals surface area contributed by atoms with Gasteiger partial charge in [0, 0.05) is 24.1 Å². The van der Waals surface area contributed by atoms with Gasteiger partial charge in [-0.05, 0) is 60.7 Å². The van der Waals surface area contributed by atoms with Crippen molar-refractivity contribution in [2.75, 3.05) is 17.6 Å². The third kappa shape index (κ3) is 3.02. The third-order valence-electron chi connectivity index (χ3n) is 4.65. The first-order valence-corrected chi connectivity index (χ1v) is 9.95. The fraction of sp³-hybridized carbons (Fsp3) is 0.263. The highest BCUT2D eigenvalue weighted by molar-refractivity contribution is 7.92. The van der Waals surface area contributed by atoms with Gasteiger partial charge in [-0.2, -0.15) is 0 Å². The molecule has 2 aromatic carbocycles. The average molecular weight is 359 g/mol. The number of furan rings is 1. The van der Waals surface area contributed by atoms with Crippen molar-refractivity contribution in [3.63, 3.8) is 0 Å². The van der Waals surface area contributed by atoms with Gasteiger partial charge in [0.25, 0.3) is 0 Å². The third-order valence-corrected chi connectivity index (χ3v) is 5.84. The molecular formula is C19H18FNO3S. The minimum Gasteiger partial charge on any atom is -0.456 e. The molecular weight excluding hydrogens is 341 g/mol. The Bertz CT molecular complexity index is 1050. The Morgan fingerprint density at radius 1 is 1.12 bits per heavy atom. The number of sulfonamides is 1. The van der Waals surface area contributed by atoms with E-state index in [1.807, 2.05) is 12.1 Å². The molecule has 1 saturated carbocycles. The van der Waals surface area contributed by atoms with Crippen LogP contribution in [0.3, 0.4) is 0 Å². The number of benzene rings is 2. The fourth-order valence-electron chi connectivity index (χ4n) is 3.02. The molecule has 0 amide bonds. The van der Waals surface area contributed by atoms with Crippen LogP contribution < -0.4 is 4.31 Å². The van der Waals surface area contributed by atoms with Crippen molar-refractivity contribution in [3.8, 4) is 11.3 Å². The topological polar surface area (TPSA) is 50.5 Å². The van der Waals surface area contributed by atoms with Gasteiger partial charge in [0.2, 0.25) is 10.0 Å². The van der Waals surface area contributed by atoms with Crippen molar-refractivity contribution in [1.29, 1.82) is 0 Å². The van der Waals surface area contributed by atoms with Crippen LogP contribution in [0.1, 0.15) is 24.3 Å². The lowest BCUT2D eigenvalue weighted by Crippen LogP contribution is -2.25. The second-order valence-electron chi connectivity index (χ2n) is 6.57. The lowest BCUT2D eigenvalue weighted by atomic mass is 10.1. The fourth-order valence-corrected chi connectivity index (χ4v) is 3.54. The molecule has 0 bridgehead atoms. The number of fused-ring (bicyclic) bond motifs is 1. The number of nitrogens with zero attached hydrogens (tertiary/aromatic N) is 1. The molecule has 0 N–H and O–H groups in total. The van der Waals surface area contributed by atoms with Crippen LogP contribution in [0.5, 0.6) is 0 Å². The standard InChI is InChI=1S/C19H18FNO3S/c1-21(25(2,22)23)17-11-19-14(9-16(17)12-3-4-12)10-18(24-19)13-5-7-15(20)8-6-13/h5-12H,3-4H2,1-2H3. The molecule has 25 heavy (non-hydrogen) atoms. The van der Waals surface area contributed by atoms with Crippen molar-refractivity contribution in [2.24, 2.45) is 0 Å². The van der Waals surface area contributed by atoms with Crippen molar-refractivity contribution in [3.05, 3.63) is 53.8 Å². The molecule has 1 fully saturated rings. The summed E-state index contributed by atoms with van der Waals surface area (Å²) in [6.45, 7) is 0. The van der Waals surface area contributed by atoms with Crippen LogP contribution in [0, 0.1) is 5.82 Å². The zero-order valence-electron chi connectivity index (χ0n) is 14.0. The maximum absolute atomic E-state index is 13.1. The molecule has 0 radical (unpaired) electrons. The van der Waals surface area contributed by atoms with Gasteiger partial charge in [-0.3, -0.25) is 4.31 Å². The molecule has 1 aliphatic carbocycles. The molecule has 3 aromatic rings. The van der Waals surface area contributed by atoms with E-state index >= 15 is 0 Å². The SMILES string of the molecule is CN(c1cc2oc(-c3ccc(F)cc3)cc2cc1C1CC1)S(C)(=O)=O. The minimum atomic E-state index is -3.35. The van der Waals surface area contributed by atoms with Crippen molar-refractivity contribution in [2.45, 2.75) is 18.8 Å². The zero-order valence-corrected chi connectivity index (χ0v) is 14.8. The number of rotatable bonds is 4. The maximum Gasteiger partial charge on any atom is 0.232 e. The Morgan fingerprint density at radius 3 is 2.40 bits per heavy atom. The van der Waals surface area contributed by atoms with Gasteiger partial charge in [0.05, 0.1) is 11.9 Å². The molecule has 0 spiro atoms. The number of anilines is 1. The maximum atomic E-state index is 13.1. The summed E-state index contributed by atoms with van der Waals surface area (Å²) >= 11 is 0. The monoisotopic (exact) mass is 359 g/mol. The molecule has 6 heteroatoms. The number of hydrogen-bond donors (Lipinski definition) is 0. The van der Waals surface area contributed by atoms with E-state index in [1.54, 1.807) is 25.2 Å².